The number of anilines is 1. The highest BCUT2D eigenvalue weighted by molar-refractivity contribution is 6.32. The van der Waals surface area contributed by atoms with Crippen LogP contribution in [0, 0.1) is 15.9 Å². The lowest BCUT2D eigenvalue weighted by Crippen LogP contribution is -2.56. The number of nitrogens with zero attached hydrogens (tertiary/aromatic N) is 3. The van der Waals surface area contributed by atoms with E-state index in [1.165, 1.54) is 11.0 Å². The third kappa shape index (κ3) is 5.20. The van der Waals surface area contributed by atoms with E-state index >= 15 is 0 Å². The number of benzene rings is 1. The number of halogens is 2. The van der Waals surface area contributed by atoms with Crippen LogP contribution in [0.1, 0.15) is 27.2 Å². The summed E-state index contributed by atoms with van der Waals surface area (Å²) in [5, 5.41) is 20.1. The Kier molecular flexibility index (Phi) is 6.48. The predicted molar refractivity (Wildman–Crippen MR) is 98.7 cm³/mol. The summed E-state index contributed by atoms with van der Waals surface area (Å²) in [5.41, 5.74) is -1.05. The molecule has 1 aliphatic heterocycles. The largest absolute Gasteiger partial charge is 0.444 e. The Morgan fingerprint density at radius 2 is 2.11 bits per heavy atom. The summed E-state index contributed by atoms with van der Waals surface area (Å²) in [6, 6.07) is 1.61. The molecule has 1 atom stereocenters. The molecular weight excluding hydrogens is 381 g/mol. The Hall–Kier alpha value is -2.13. The molecule has 0 aromatic heterocycles. The number of aliphatic hydroxyl groups excluding tert-OH is 1. The van der Waals surface area contributed by atoms with Gasteiger partial charge in [0.2, 0.25) is 0 Å². The van der Waals surface area contributed by atoms with Crippen LogP contribution in [0.5, 0.6) is 0 Å². The number of rotatable bonds is 4. The van der Waals surface area contributed by atoms with Gasteiger partial charge in [0.05, 0.1) is 16.7 Å². The van der Waals surface area contributed by atoms with E-state index in [2.05, 4.69) is 0 Å². The van der Waals surface area contributed by atoms with Crippen LogP contribution in [0.25, 0.3) is 0 Å². The van der Waals surface area contributed by atoms with Crippen LogP contribution in [0.2, 0.25) is 5.02 Å². The molecule has 0 unspecified atom stereocenters. The molecule has 1 amide bonds. The van der Waals surface area contributed by atoms with Gasteiger partial charge in [0.1, 0.15) is 10.6 Å². The lowest BCUT2D eigenvalue weighted by atomic mass is 10.1. The predicted octanol–water partition coefficient (Wildman–Crippen LogP) is 3.20. The van der Waals surface area contributed by atoms with Crippen molar-refractivity contribution < 1.29 is 24.0 Å². The van der Waals surface area contributed by atoms with E-state index in [1.807, 2.05) is 0 Å². The Morgan fingerprint density at radius 3 is 2.67 bits per heavy atom. The summed E-state index contributed by atoms with van der Waals surface area (Å²) >= 11 is 5.92. The zero-order chi connectivity index (χ0) is 20.4. The maximum absolute atomic E-state index is 14.5. The molecule has 1 aromatic rings. The van der Waals surface area contributed by atoms with Gasteiger partial charge in [-0.1, -0.05) is 11.6 Å². The third-order valence-electron chi connectivity index (χ3n) is 4.12. The first-order valence-corrected chi connectivity index (χ1v) is 8.90. The van der Waals surface area contributed by atoms with Crippen molar-refractivity contribution in [3.05, 3.63) is 33.1 Å². The second kappa shape index (κ2) is 8.26. The van der Waals surface area contributed by atoms with E-state index in [9.17, 15) is 24.4 Å². The second-order valence-corrected chi connectivity index (χ2v) is 7.71. The maximum atomic E-state index is 14.5. The number of piperazine rings is 1. The molecule has 1 saturated heterocycles. The lowest BCUT2D eigenvalue weighted by molar-refractivity contribution is -0.384. The van der Waals surface area contributed by atoms with Gasteiger partial charge in [0.25, 0.3) is 5.69 Å². The van der Waals surface area contributed by atoms with Gasteiger partial charge in [-0.2, -0.15) is 0 Å². The van der Waals surface area contributed by atoms with Crippen molar-refractivity contribution >= 4 is 29.1 Å². The molecule has 0 spiro atoms. The number of nitro groups is 1. The smallest absolute Gasteiger partial charge is 0.410 e. The number of hydrogen-bond donors (Lipinski definition) is 1. The van der Waals surface area contributed by atoms with Gasteiger partial charge in [0.15, 0.2) is 5.82 Å². The van der Waals surface area contributed by atoms with Crippen molar-refractivity contribution in [3.63, 3.8) is 0 Å². The molecule has 1 heterocycles. The number of aliphatic hydroxyl groups is 1. The van der Waals surface area contributed by atoms with Gasteiger partial charge in [-0.15, -0.1) is 0 Å². The number of amides is 1. The lowest BCUT2D eigenvalue weighted by Gasteiger charge is -2.43. The van der Waals surface area contributed by atoms with Crippen molar-refractivity contribution in [1.29, 1.82) is 0 Å². The molecule has 1 aromatic carbocycles. The molecule has 0 aliphatic carbocycles. The van der Waals surface area contributed by atoms with Crippen molar-refractivity contribution in [2.24, 2.45) is 0 Å². The normalized spacial score (nSPS) is 17.8. The zero-order valence-corrected chi connectivity index (χ0v) is 16.2. The first-order chi connectivity index (χ1) is 12.5. The molecule has 10 heteroatoms. The summed E-state index contributed by atoms with van der Waals surface area (Å²) in [6.07, 6.45) is -0.194. The minimum Gasteiger partial charge on any atom is -0.444 e. The molecule has 2 rings (SSSR count). The Balaban J connectivity index is 2.25. The summed E-state index contributed by atoms with van der Waals surface area (Å²) < 4.78 is 19.9. The highest BCUT2D eigenvalue weighted by atomic mass is 35.5. The van der Waals surface area contributed by atoms with Crippen molar-refractivity contribution in [2.75, 3.05) is 31.1 Å². The van der Waals surface area contributed by atoms with Gasteiger partial charge in [-0.05, 0) is 33.3 Å². The topological polar surface area (TPSA) is 96.2 Å². The fourth-order valence-electron chi connectivity index (χ4n) is 2.95. The van der Waals surface area contributed by atoms with E-state index in [4.69, 9.17) is 16.3 Å². The van der Waals surface area contributed by atoms with Crippen LogP contribution in [0.3, 0.4) is 0 Å². The fourth-order valence-corrected chi connectivity index (χ4v) is 3.17. The second-order valence-electron chi connectivity index (χ2n) is 7.30. The molecule has 1 fully saturated rings. The van der Waals surface area contributed by atoms with E-state index in [0.29, 0.717) is 0 Å². The molecule has 1 N–H and O–H groups in total. The quantitative estimate of drug-likeness (QED) is 0.612. The molecule has 1 aliphatic rings. The number of nitro benzene ring substituents is 1. The van der Waals surface area contributed by atoms with Crippen LogP contribution < -0.4 is 4.90 Å². The average Bonchev–Trinajstić information content (AvgIpc) is 2.55. The van der Waals surface area contributed by atoms with Crippen LogP contribution in [-0.2, 0) is 4.74 Å². The molecular formula is C17H23ClFN3O5. The summed E-state index contributed by atoms with van der Waals surface area (Å²) in [5.74, 6) is -0.778. The number of carbonyl (C=O) groups is 1. The van der Waals surface area contributed by atoms with Gasteiger partial charge >= 0.3 is 6.09 Å². The highest BCUT2D eigenvalue weighted by Gasteiger charge is 2.33. The molecule has 8 nitrogen and oxygen atoms in total. The minimum absolute atomic E-state index is 0.105. The first kappa shape index (κ1) is 21.2. The SMILES string of the molecule is CC(C)(C)OC(=O)N1CCN(c2cc(Cl)c([N+](=O)[O-])cc2F)[C@@H](CCO)C1. The minimum atomic E-state index is -0.778. The van der Waals surface area contributed by atoms with E-state index in [0.717, 1.165) is 6.07 Å². The van der Waals surface area contributed by atoms with Crippen molar-refractivity contribution in [2.45, 2.75) is 38.8 Å². The summed E-state index contributed by atoms with van der Waals surface area (Å²) in [6.45, 7) is 5.91. The summed E-state index contributed by atoms with van der Waals surface area (Å²) in [4.78, 5) is 25.6. The number of hydrogen-bond acceptors (Lipinski definition) is 6. The van der Waals surface area contributed by atoms with Crippen LogP contribution in [0.15, 0.2) is 12.1 Å². The Morgan fingerprint density at radius 1 is 1.44 bits per heavy atom. The Labute approximate surface area is 161 Å². The first-order valence-electron chi connectivity index (χ1n) is 8.52. The van der Waals surface area contributed by atoms with Crippen LogP contribution in [-0.4, -0.2) is 58.9 Å². The Bertz CT molecular complexity index is 725. The molecule has 150 valence electrons. The van der Waals surface area contributed by atoms with Gasteiger partial charge in [-0.3, -0.25) is 10.1 Å². The van der Waals surface area contributed by atoms with Crippen molar-refractivity contribution in [1.82, 2.24) is 4.90 Å². The van der Waals surface area contributed by atoms with Gasteiger partial charge < -0.3 is 19.6 Å². The van der Waals surface area contributed by atoms with Gasteiger partial charge in [-0.25, -0.2) is 9.18 Å². The number of ether oxygens (including phenoxy) is 1. The standard InChI is InChI=1S/C17H23ClFN3O5/c1-17(2,3)27-16(24)20-5-6-21(11(10-20)4-7-23)15-8-12(18)14(22(25)26)9-13(15)19/h8-9,11,23H,4-7,10H2,1-3H3/t11-/m0/s1. The summed E-state index contributed by atoms with van der Waals surface area (Å²) in [7, 11) is 0. The van der Waals surface area contributed by atoms with Crippen LogP contribution >= 0.6 is 11.6 Å². The van der Waals surface area contributed by atoms with Gasteiger partial charge in [0, 0.05) is 32.3 Å². The van der Waals surface area contributed by atoms with Crippen LogP contribution in [0.4, 0.5) is 20.6 Å². The maximum Gasteiger partial charge on any atom is 0.410 e. The molecule has 0 bridgehead atoms. The zero-order valence-electron chi connectivity index (χ0n) is 15.4. The molecule has 0 saturated carbocycles. The average molecular weight is 404 g/mol. The molecule has 27 heavy (non-hydrogen) atoms. The van der Waals surface area contributed by atoms with E-state index < -0.39 is 28.1 Å². The fraction of sp³-hybridized carbons (Fsp3) is 0.588. The third-order valence-corrected chi connectivity index (χ3v) is 4.42. The van der Waals surface area contributed by atoms with E-state index in [1.54, 1.807) is 25.7 Å². The van der Waals surface area contributed by atoms with E-state index in [-0.39, 0.29) is 49.4 Å². The van der Waals surface area contributed by atoms with Crippen molar-refractivity contribution in [3.8, 4) is 0 Å². The monoisotopic (exact) mass is 403 g/mol. The number of carbonyl (C=O) groups excluding carboxylic acids is 1. The highest BCUT2D eigenvalue weighted by Crippen LogP contribution is 2.34. The molecule has 0 radical (unpaired) electrons.